The minimum atomic E-state index is -0.310. The van der Waals surface area contributed by atoms with E-state index < -0.39 is 0 Å². The zero-order valence-corrected chi connectivity index (χ0v) is 9.52. The summed E-state index contributed by atoms with van der Waals surface area (Å²) in [6.07, 6.45) is 0.131. The third kappa shape index (κ3) is 4.15. The number of ether oxygens (including phenoxy) is 2. The highest BCUT2D eigenvalue weighted by Gasteiger charge is 1.97. The molecule has 0 aliphatic rings. The van der Waals surface area contributed by atoms with E-state index in [-0.39, 0.29) is 12.4 Å². The molecule has 80 valence electrons. The van der Waals surface area contributed by atoms with E-state index in [1.807, 2.05) is 11.4 Å². The van der Waals surface area contributed by atoms with Crippen molar-refractivity contribution >= 4 is 17.3 Å². The molecule has 0 aromatic carbocycles. The van der Waals surface area contributed by atoms with E-state index in [1.54, 1.807) is 18.4 Å². The van der Waals surface area contributed by atoms with Crippen LogP contribution in [0.1, 0.15) is 16.9 Å². The van der Waals surface area contributed by atoms with E-state index in [0.29, 0.717) is 6.61 Å². The molecule has 0 saturated heterocycles. The Morgan fingerprint density at radius 3 is 3.00 bits per heavy atom. The lowest BCUT2D eigenvalue weighted by atomic mass is 10.3. The molecule has 0 atom stereocenters. The maximum atomic E-state index is 10.8. The highest BCUT2D eigenvalue weighted by Crippen LogP contribution is 2.14. The Kier molecular flexibility index (Phi) is 4.88. The van der Waals surface area contributed by atoms with Crippen molar-refractivity contribution in [2.45, 2.75) is 13.0 Å². The van der Waals surface area contributed by atoms with Crippen LogP contribution >= 0.6 is 11.3 Å². The Balaban J connectivity index is 2.52. The summed E-state index contributed by atoms with van der Waals surface area (Å²) in [5.41, 5.74) is 0.913. The van der Waals surface area contributed by atoms with Crippen LogP contribution in [-0.4, -0.2) is 20.2 Å². The van der Waals surface area contributed by atoms with Gasteiger partial charge in [-0.25, -0.2) is 0 Å². The minimum Gasteiger partial charge on any atom is -0.468 e. The number of esters is 1. The summed E-state index contributed by atoms with van der Waals surface area (Å²) in [4.78, 5) is 11.9. The first-order valence-electron chi connectivity index (χ1n) is 4.38. The molecular weight excluding hydrogens is 212 g/mol. The number of thiophene rings is 1. The van der Waals surface area contributed by atoms with Crippen molar-refractivity contribution in [3.05, 3.63) is 21.9 Å². The Morgan fingerprint density at radius 1 is 1.53 bits per heavy atom. The van der Waals surface area contributed by atoms with Gasteiger partial charge >= 0.3 is 5.97 Å². The maximum Gasteiger partial charge on any atom is 0.317 e. The molecule has 0 fully saturated rings. The van der Waals surface area contributed by atoms with E-state index in [4.69, 9.17) is 4.74 Å². The fraction of sp³-hybridized carbons (Fsp3) is 0.364. The lowest BCUT2D eigenvalue weighted by molar-refractivity contribution is -0.139. The predicted molar refractivity (Wildman–Crippen MR) is 58.5 cm³/mol. The molecule has 0 unspecified atom stereocenters. The average molecular weight is 224 g/mol. The molecule has 1 rings (SSSR count). The number of carbonyl (C=O) groups is 1. The first kappa shape index (κ1) is 11.8. The van der Waals surface area contributed by atoms with Gasteiger partial charge < -0.3 is 9.47 Å². The van der Waals surface area contributed by atoms with Crippen molar-refractivity contribution in [2.75, 3.05) is 14.2 Å². The van der Waals surface area contributed by atoms with Crippen molar-refractivity contribution in [1.82, 2.24) is 0 Å². The molecule has 0 amide bonds. The minimum absolute atomic E-state index is 0.131. The highest BCUT2D eigenvalue weighted by molar-refractivity contribution is 7.10. The fourth-order valence-corrected chi connectivity index (χ4v) is 1.74. The number of rotatable bonds is 3. The molecule has 0 aliphatic carbocycles. The molecule has 1 aromatic heterocycles. The number of hydrogen-bond acceptors (Lipinski definition) is 4. The van der Waals surface area contributed by atoms with Crippen molar-refractivity contribution in [3.8, 4) is 11.8 Å². The molecule has 15 heavy (non-hydrogen) atoms. The van der Waals surface area contributed by atoms with Crippen LogP contribution in [0.15, 0.2) is 11.4 Å². The highest BCUT2D eigenvalue weighted by atomic mass is 32.1. The summed E-state index contributed by atoms with van der Waals surface area (Å²) in [5.74, 6) is 5.33. The van der Waals surface area contributed by atoms with E-state index in [1.165, 1.54) is 7.11 Å². The van der Waals surface area contributed by atoms with Gasteiger partial charge in [-0.1, -0.05) is 11.8 Å². The first-order valence-corrected chi connectivity index (χ1v) is 5.26. The van der Waals surface area contributed by atoms with Gasteiger partial charge in [-0.2, -0.15) is 0 Å². The first-order chi connectivity index (χ1) is 7.26. The average Bonchev–Trinajstić information content (AvgIpc) is 2.66. The summed E-state index contributed by atoms with van der Waals surface area (Å²) in [6.45, 7) is 0.601. The van der Waals surface area contributed by atoms with E-state index >= 15 is 0 Å². The number of hydrogen-bond donors (Lipinski definition) is 0. The lowest BCUT2D eigenvalue weighted by Crippen LogP contribution is -1.96. The van der Waals surface area contributed by atoms with Crippen molar-refractivity contribution < 1.29 is 14.3 Å². The van der Waals surface area contributed by atoms with Gasteiger partial charge in [0.15, 0.2) is 0 Å². The van der Waals surface area contributed by atoms with Gasteiger partial charge in [0, 0.05) is 22.9 Å². The molecule has 0 radical (unpaired) electrons. The second kappa shape index (κ2) is 6.23. The van der Waals surface area contributed by atoms with Gasteiger partial charge in [0.25, 0.3) is 0 Å². The van der Waals surface area contributed by atoms with Crippen molar-refractivity contribution in [1.29, 1.82) is 0 Å². The van der Waals surface area contributed by atoms with E-state index in [2.05, 4.69) is 16.6 Å². The smallest absolute Gasteiger partial charge is 0.317 e. The van der Waals surface area contributed by atoms with E-state index in [9.17, 15) is 4.79 Å². The van der Waals surface area contributed by atoms with Crippen LogP contribution in [0.2, 0.25) is 0 Å². The molecule has 3 nitrogen and oxygen atoms in total. The zero-order valence-electron chi connectivity index (χ0n) is 8.70. The molecule has 0 saturated carbocycles. The molecular formula is C11H12O3S. The summed E-state index contributed by atoms with van der Waals surface area (Å²) in [5, 5.41) is 1.94. The fourth-order valence-electron chi connectivity index (χ4n) is 0.955. The normalized spacial score (nSPS) is 9.20. The van der Waals surface area contributed by atoms with Crippen LogP contribution < -0.4 is 0 Å². The Labute approximate surface area is 93.0 Å². The zero-order chi connectivity index (χ0) is 11.1. The summed E-state index contributed by atoms with van der Waals surface area (Å²) in [7, 11) is 3.01. The van der Waals surface area contributed by atoms with Gasteiger partial charge in [0.2, 0.25) is 0 Å². The molecule has 0 spiro atoms. The Bertz CT molecular complexity index is 384. The van der Waals surface area contributed by atoms with Crippen molar-refractivity contribution in [2.24, 2.45) is 0 Å². The maximum absolute atomic E-state index is 10.8. The molecule has 0 N–H and O–H groups in total. The molecule has 1 aromatic rings. The van der Waals surface area contributed by atoms with Crippen LogP contribution in [0.3, 0.4) is 0 Å². The van der Waals surface area contributed by atoms with Crippen LogP contribution in [0.25, 0.3) is 0 Å². The van der Waals surface area contributed by atoms with Gasteiger partial charge in [-0.3, -0.25) is 4.79 Å². The van der Waals surface area contributed by atoms with Crippen LogP contribution in [-0.2, 0) is 20.9 Å². The van der Waals surface area contributed by atoms with Crippen LogP contribution in [0.5, 0.6) is 0 Å². The second-order valence-electron chi connectivity index (χ2n) is 2.79. The SMILES string of the molecule is COCc1cc(C#CCC(=O)OC)cs1. The van der Waals surface area contributed by atoms with Gasteiger partial charge in [-0.15, -0.1) is 11.3 Å². The monoisotopic (exact) mass is 224 g/mol. The molecule has 1 heterocycles. The third-order valence-electron chi connectivity index (χ3n) is 1.63. The Hall–Kier alpha value is -1.31. The Morgan fingerprint density at radius 2 is 2.33 bits per heavy atom. The summed E-state index contributed by atoms with van der Waals surface area (Å²) in [6, 6.07) is 1.96. The van der Waals surface area contributed by atoms with Crippen LogP contribution in [0.4, 0.5) is 0 Å². The largest absolute Gasteiger partial charge is 0.468 e. The number of methoxy groups -OCH3 is 2. The number of carbonyl (C=O) groups excluding carboxylic acids is 1. The van der Waals surface area contributed by atoms with Crippen molar-refractivity contribution in [3.63, 3.8) is 0 Å². The second-order valence-corrected chi connectivity index (χ2v) is 3.79. The molecule has 4 heteroatoms. The standard InChI is InChI=1S/C11H12O3S/c1-13-7-10-6-9(8-15-10)4-3-5-11(12)14-2/h6,8H,5,7H2,1-2H3. The molecule has 0 aliphatic heterocycles. The lowest BCUT2D eigenvalue weighted by Gasteiger charge is -1.90. The quantitative estimate of drug-likeness (QED) is 0.580. The molecule has 0 bridgehead atoms. The van der Waals surface area contributed by atoms with Gasteiger partial charge in [0.1, 0.15) is 6.42 Å². The topological polar surface area (TPSA) is 35.5 Å². The van der Waals surface area contributed by atoms with E-state index in [0.717, 1.165) is 10.4 Å². The van der Waals surface area contributed by atoms with Gasteiger partial charge in [0.05, 0.1) is 13.7 Å². The summed E-state index contributed by atoms with van der Waals surface area (Å²) >= 11 is 1.60. The van der Waals surface area contributed by atoms with Gasteiger partial charge in [-0.05, 0) is 6.07 Å². The third-order valence-corrected chi connectivity index (χ3v) is 2.54. The predicted octanol–water partition coefficient (Wildman–Crippen LogP) is 1.81. The summed E-state index contributed by atoms with van der Waals surface area (Å²) < 4.78 is 9.46. The van der Waals surface area contributed by atoms with Crippen LogP contribution in [0, 0.1) is 11.8 Å².